The van der Waals surface area contributed by atoms with Crippen molar-refractivity contribution in [3.63, 3.8) is 0 Å². The van der Waals surface area contributed by atoms with E-state index in [1.165, 1.54) is 0 Å². The fraction of sp³-hybridized carbons (Fsp3) is 0.308. The molecule has 35 heavy (non-hydrogen) atoms. The maximum atomic E-state index is 12.7. The van der Waals surface area contributed by atoms with Crippen LogP contribution in [0.5, 0.6) is 0 Å². The van der Waals surface area contributed by atoms with Crippen molar-refractivity contribution in [2.24, 2.45) is 5.92 Å². The van der Waals surface area contributed by atoms with E-state index < -0.39 is 18.0 Å². The lowest BCUT2D eigenvalue weighted by molar-refractivity contribution is -0.125. The minimum absolute atomic E-state index is 0.0479. The molecule has 0 fully saturated rings. The number of hydrogen-bond donors (Lipinski definition) is 3. The summed E-state index contributed by atoms with van der Waals surface area (Å²) in [6.07, 6.45) is 1.70. The van der Waals surface area contributed by atoms with E-state index in [1.807, 2.05) is 43.3 Å². The molecule has 4 rings (SSSR count). The zero-order valence-corrected chi connectivity index (χ0v) is 19.3. The summed E-state index contributed by atoms with van der Waals surface area (Å²) >= 11 is 0. The van der Waals surface area contributed by atoms with Gasteiger partial charge in [0.25, 0.3) is 0 Å². The molecule has 1 atom stereocenters. The van der Waals surface area contributed by atoms with Gasteiger partial charge in [0.15, 0.2) is 17.8 Å². The van der Waals surface area contributed by atoms with Gasteiger partial charge in [-0.05, 0) is 28.7 Å². The van der Waals surface area contributed by atoms with Crippen LogP contribution in [0, 0.1) is 5.92 Å². The number of nitrogens with zero attached hydrogens (tertiary/aromatic N) is 1. The SMILES string of the molecule is CCCC(CNC(=O)OCC1c2ccccc2-c2ccccc21)C(=O)NCc1ocnc1C(=O)O. The van der Waals surface area contributed by atoms with Crippen molar-refractivity contribution in [1.82, 2.24) is 15.6 Å². The first kappa shape index (κ1) is 24.0. The van der Waals surface area contributed by atoms with Gasteiger partial charge in [0.1, 0.15) is 6.61 Å². The molecule has 2 amide bonds. The number of alkyl carbamates (subject to hydrolysis) is 1. The van der Waals surface area contributed by atoms with Crippen LogP contribution in [0.3, 0.4) is 0 Å². The Kier molecular flexibility index (Phi) is 7.45. The molecule has 1 aromatic heterocycles. The summed E-state index contributed by atoms with van der Waals surface area (Å²) in [6.45, 7) is 2.12. The molecule has 1 aliphatic carbocycles. The topological polar surface area (TPSA) is 131 Å². The van der Waals surface area contributed by atoms with E-state index in [1.54, 1.807) is 0 Å². The highest BCUT2D eigenvalue weighted by molar-refractivity contribution is 5.86. The second kappa shape index (κ2) is 10.9. The van der Waals surface area contributed by atoms with Gasteiger partial charge in [0.05, 0.1) is 12.5 Å². The number of carbonyl (C=O) groups excluding carboxylic acids is 2. The van der Waals surface area contributed by atoms with Gasteiger partial charge in [-0.25, -0.2) is 14.6 Å². The third-order valence-electron chi connectivity index (χ3n) is 6.11. The molecule has 1 unspecified atom stereocenters. The summed E-state index contributed by atoms with van der Waals surface area (Å²) in [5.74, 6) is -2.04. The summed E-state index contributed by atoms with van der Waals surface area (Å²) in [5, 5.41) is 14.5. The number of fused-ring (bicyclic) bond motifs is 3. The maximum absolute atomic E-state index is 12.7. The highest BCUT2D eigenvalue weighted by atomic mass is 16.5. The molecule has 0 spiro atoms. The van der Waals surface area contributed by atoms with Crippen LogP contribution in [0.25, 0.3) is 11.1 Å². The molecule has 0 radical (unpaired) electrons. The average molecular weight is 478 g/mol. The maximum Gasteiger partial charge on any atom is 0.407 e. The lowest BCUT2D eigenvalue weighted by Gasteiger charge is -2.18. The third kappa shape index (κ3) is 5.34. The van der Waals surface area contributed by atoms with Crippen molar-refractivity contribution in [2.45, 2.75) is 32.2 Å². The second-order valence-corrected chi connectivity index (χ2v) is 8.34. The van der Waals surface area contributed by atoms with E-state index in [4.69, 9.17) is 14.3 Å². The number of ether oxygens (including phenoxy) is 1. The third-order valence-corrected chi connectivity index (χ3v) is 6.11. The zero-order valence-electron chi connectivity index (χ0n) is 19.3. The molecule has 2 aromatic carbocycles. The average Bonchev–Trinajstić information content (AvgIpc) is 3.47. The molecule has 0 bridgehead atoms. The fourth-order valence-electron chi connectivity index (χ4n) is 4.41. The molecule has 9 nitrogen and oxygen atoms in total. The van der Waals surface area contributed by atoms with Gasteiger partial charge >= 0.3 is 12.1 Å². The number of carboxylic acid groups (broad SMARTS) is 1. The van der Waals surface area contributed by atoms with Crippen molar-refractivity contribution < 1.29 is 28.6 Å². The number of amides is 2. The molecular weight excluding hydrogens is 450 g/mol. The molecule has 0 saturated heterocycles. The van der Waals surface area contributed by atoms with E-state index in [9.17, 15) is 14.4 Å². The molecule has 3 aromatic rings. The Bertz CT molecular complexity index is 1180. The molecule has 182 valence electrons. The van der Waals surface area contributed by atoms with Crippen molar-refractivity contribution in [1.29, 1.82) is 0 Å². The smallest absolute Gasteiger partial charge is 0.407 e. The van der Waals surface area contributed by atoms with Crippen LogP contribution >= 0.6 is 0 Å². The molecule has 9 heteroatoms. The Labute approximate surface area is 202 Å². The highest BCUT2D eigenvalue weighted by Gasteiger charge is 2.29. The van der Waals surface area contributed by atoms with Gasteiger partial charge in [-0.3, -0.25) is 4.79 Å². The van der Waals surface area contributed by atoms with Crippen LogP contribution in [0.2, 0.25) is 0 Å². The lowest BCUT2D eigenvalue weighted by atomic mass is 9.98. The summed E-state index contributed by atoms with van der Waals surface area (Å²) in [4.78, 5) is 39.9. The number of nitrogens with one attached hydrogen (secondary N) is 2. The minimum atomic E-state index is -1.23. The minimum Gasteiger partial charge on any atom is -0.476 e. The number of carboxylic acids is 1. The molecule has 0 aliphatic heterocycles. The van der Waals surface area contributed by atoms with E-state index in [0.29, 0.717) is 6.42 Å². The summed E-state index contributed by atoms with van der Waals surface area (Å²) in [5.41, 5.74) is 4.30. The van der Waals surface area contributed by atoms with Crippen LogP contribution in [-0.4, -0.2) is 41.2 Å². The van der Waals surface area contributed by atoms with Crippen molar-refractivity contribution in [3.05, 3.63) is 77.5 Å². The van der Waals surface area contributed by atoms with E-state index in [-0.39, 0.29) is 43.0 Å². The van der Waals surface area contributed by atoms with Gasteiger partial charge in [0, 0.05) is 12.5 Å². The predicted octanol–water partition coefficient (Wildman–Crippen LogP) is 3.94. The van der Waals surface area contributed by atoms with E-state index >= 15 is 0 Å². The van der Waals surface area contributed by atoms with Crippen LogP contribution in [0.1, 0.15) is 53.1 Å². The summed E-state index contributed by atoms with van der Waals surface area (Å²) < 4.78 is 10.6. The highest BCUT2D eigenvalue weighted by Crippen LogP contribution is 2.44. The number of carbonyl (C=O) groups is 3. The first-order chi connectivity index (χ1) is 17.0. The predicted molar refractivity (Wildman–Crippen MR) is 127 cm³/mol. The van der Waals surface area contributed by atoms with Gasteiger partial charge < -0.3 is 24.9 Å². The van der Waals surface area contributed by atoms with Crippen LogP contribution in [-0.2, 0) is 16.1 Å². The van der Waals surface area contributed by atoms with Crippen LogP contribution in [0.15, 0.2) is 59.3 Å². The number of benzene rings is 2. The van der Waals surface area contributed by atoms with Crippen molar-refractivity contribution in [3.8, 4) is 11.1 Å². The number of oxazole rings is 1. The largest absolute Gasteiger partial charge is 0.476 e. The lowest BCUT2D eigenvalue weighted by Crippen LogP contribution is -2.39. The monoisotopic (exact) mass is 477 g/mol. The Morgan fingerprint density at radius 3 is 2.34 bits per heavy atom. The van der Waals surface area contributed by atoms with E-state index in [2.05, 4.69) is 27.8 Å². The van der Waals surface area contributed by atoms with E-state index in [0.717, 1.165) is 35.1 Å². The first-order valence-corrected chi connectivity index (χ1v) is 11.5. The number of rotatable bonds is 10. The Morgan fingerprint density at radius 1 is 1.06 bits per heavy atom. The number of aromatic nitrogens is 1. The van der Waals surface area contributed by atoms with Gasteiger partial charge in [0.2, 0.25) is 5.91 Å². The molecule has 3 N–H and O–H groups in total. The number of aromatic carboxylic acids is 1. The van der Waals surface area contributed by atoms with Crippen molar-refractivity contribution >= 4 is 18.0 Å². The summed E-state index contributed by atoms with van der Waals surface area (Å²) in [6, 6.07) is 16.2. The second-order valence-electron chi connectivity index (χ2n) is 8.34. The Balaban J connectivity index is 1.31. The normalized spacial score (nSPS) is 12.9. The fourth-order valence-corrected chi connectivity index (χ4v) is 4.41. The molecule has 1 aliphatic rings. The van der Waals surface area contributed by atoms with Gasteiger partial charge in [-0.15, -0.1) is 0 Å². The standard InChI is InChI=1S/C26H27N3O6/c1-2-7-16(24(30)27-13-22-23(25(31)32)29-15-35-22)12-28-26(33)34-14-21-19-10-5-3-8-17(19)18-9-4-6-11-20(18)21/h3-6,8-11,15-16,21H,2,7,12-14H2,1H3,(H,27,30)(H,28,33)(H,31,32). The Hall–Kier alpha value is -4.14. The molecule has 0 saturated carbocycles. The molecular formula is C26H27N3O6. The first-order valence-electron chi connectivity index (χ1n) is 11.5. The van der Waals surface area contributed by atoms with Crippen LogP contribution in [0.4, 0.5) is 4.79 Å². The van der Waals surface area contributed by atoms with Crippen molar-refractivity contribution in [2.75, 3.05) is 13.2 Å². The number of hydrogen-bond acceptors (Lipinski definition) is 6. The van der Waals surface area contributed by atoms with Crippen LogP contribution < -0.4 is 10.6 Å². The zero-order chi connectivity index (χ0) is 24.8. The molecule has 1 heterocycles. The van der Waals surface area contributed by atoms with Gasteiger partial charge in [-0.1, -0.05) is 61.9 Å². The summed E-state index contributed by atoms with van der Waals surface area (Å²) in [7, 11) is 0. The quantitative estimate of drug-likeness (QED) is 0.403. The Morgan fingerprint density at radius 2 is 1.71 bits per heavy atom. The van der Waals surface area contributed by atoms with Gasteiger partial charge in [-0.2, -0.15) is 0 Å².